The van der Waals surface area contributed by atoms with Crippen LogP contribution in [0.2, 0.25) is 0 Å². The monoisotopic (exact) mass is 379 g/mol. The highest BCUT2D eigenvalue weighted by Gasteiger charge is 2.09. The molecule has 0 saturated carbocycles. The predicted octanol–water partition coefficient (Wildman–Crippen LogP) is 3.39. The first kappa shape index (κ1) is 19.0. The van der Waals surface area contributed by atoms with Gasteiger partial charge in [0, 0.05) is 0 Å². The van der Waals surface area contributed by atoms with Gasteiger partial charge in [-0.15, -0.1) is 0 Å². The van der Waals surface area contributed by atoms with Crippen LogP contribution in [0.4, 0.5) is 10.5 Å². The van der Waals surface area contributed by atoms with Gasteiger partial charge in [0.25, 0.3) is 5.91 Å². The summed E-state index contributed by atoms with van der Waals surface area (Å²) in [6.45, 7) is 1.67. The second-order valence-corrected chi connectivity index (χ2v) is 6.13. The summed E-state index contributed by atoms with van der Waals surface area (Å²) in [7, 11) is 1.51. The fourth-order valence-corrected chi connectivity index (χ4v) is 2.64. The summed E-state index contributed by atoms with van der Waals surface area (Å²) in [6, 6.07) is 18.2. The van der Waals surface area contributed by atoms with Crippen molar-refractivity contribution in [2.24, 2.45) is 0 Å². The number of hydrazine groups is 1. The van der Waals surface area contributed by atoms with Crippen LogP contribution in [0.1, 0.15) is 5.56 Å². The van der Waals surface area contributed by atoms with Crippen LogP contribution in [0.25, 0.3) is 10.8 Å². The first-order valence-corrected chi connectivity index (χ1v) is 8.67. The quantitative estimate of drug-likeness (QED) is 0.593. The van der Waals surface area contributed by atoms with Crippen molar-refractivity contribution < 1.29 is 19.1 Å². The lowest BCUT2D eigenvalue weighted by atomic mass is 10.1. The largest absolute Gasteiger partial charge is 0.495 e. The molecule has 0 aliphatic rings. The van der Waals surface area contributed by atoms with Crippen LogP contribution in [0, 0.1) is 6.92 Å². The summed E-state index contributed by atoms with van der Waals surface area (Å²) < 4.78 is 10.7. The lowest BCUT2D eigenvalue weighted by molar-refractivity contribution is -0.123. The van der Waals surface area contributed by atoms with Gasteiger partial charge in [0.2, 0.25) is 0 Å². The Hall–Kier alpha value is -3.74. The molecule has 0 aromatic heterocycles. The number of urea groups is 1. The van der Waals surface area contributed by atoms with Gasteiger partial charge in [0.15, 0.2) is 6.61 Å². The number of fused-ring (bicyclic) bond motifs is 1. The zero-order valence-corrected chi connectivity index (χ0v) is 15.6. The van der Waals surface area contributed by atoms with Crippen molar-refractivity contribution >= 4 is 28.4 Å². The third kappa shape index (κ3) is 4.91. The van der Waals surface area contributed by atoms with Gasteiger partial charge < -0.3 is 14.8 Å². The Morgan fingerprint density at radius 3 is 2.50 bits per heavy atom. The molecule has 3 rings (SSSR count). The number of benzene rings is 3. The van der Waals surface area contributed by atoms with Crippen LogP contribution in [-0.4, -0.2) is 25.7 Å². The van der Waals surface area contributed by atoms with Gasteiger partial charge in [-0.2, -0.15) is 0 Å². The third-order valence-corrected chi connectivity index (χ3v) is 4.01. The maximum atomic E-state index is 12.0. The molecule has 0 radical (unpaired) electrons. The summed E-state index contributed by atoms with van der Waals surface area (Å²) in [5.74, 6) is 0.606. The maximum absolute atomic E-state index is 12.0. The molecule has 0 saturated heterocycles. The molecule has 0 unspecified atom stereocenters. The Morgan fingerprint density at radius 2 is 1.71 bits per heavy atom. The molecule has 0 aliphatic carbocycles. The minimum Gasteiger partial charge on any atom is -0.495 e. The first-order chi connectivity index (χ1) is 13.5. The summed E-state index contributed by atoms with van der Waals surface area (Å²) in [5, 5.41) is 4.73. The van der Waals surface area contributed by atoms with E-state index in [9.17, 15) is 9.59 Å². The van der Waals surface area contributed by atoms with Crippen molar-refractivity contribution in [3.63, 3.8) is 0 Å². The lowest BCUT2D eigenvalue weighted by Crippen LogP contribution is -2.45. The number of hydrogen-bond acceptors (Lipinski definition) is 4. The molecular formula is C21H21N3O4. The molecule has 3 amide bonds. The van der Waals surface area contributed by atoms with Crippen molar-refractivity contribution in [1.29, 1.82) is 0 Å². The van der Waals surface area contributed by atoms with E-state index in [0.29, 0.717) is 17.2 Å². The van der Waals surface area contributed by atoms with E-state index < -0.39 is 11.9 Å². The van der Waals surface area contributed by atoms with Crippen LogP contribution >= 0.6 is 0 Å². The average molecular weight is 379 g/mol. The number of aryl methyl sites for hydroxylation is 1. The fourth-order valence-electron chi connectivity index (χ4n) is 2.64. The van der Waals surface area contributed by atoms with Crippen molar-refractivity contribution in [1.82, 2.24) is 10.9 Å². The van der Waals surface area contributed by atoms with E-state index in [1.54, 1.807) is 18.2 Å². The minimum atomic E-state index is -0.594. The molecule has 0 aliphatic heterocycles. The van der Waals surface area contributed by atoms with Crippen LogP contribution in [0.5, 0.6) is 11.5 Å². The molecule has 0 fully saturated rings. The van der Waals surface area contributed by atoms with Gasteiger partial charge in [-0.3, -0.25) is 10.2 Å². The second-order valence-electron chi connectivity index (χ2n) is 6.13. The van der Waals surface area contributed by atoms with Gasteiger partial charge in [0.1, 0.15) is 11.5 Å². The minimum absolute atomic E-state index is 0.230. The highest BCUT2D eigenvalue weighted by Crippen LogP contribution is 2.25. The van der Waals surface area contributed by atoms with E-state index in [-0.39, 0.29) is 6.61 Å². The number of carbonyl (C=O) groups is 2. The molecule has 3 aromatic carbocycles. The van der Waals surface area contributed by atoms with Gasteiger partial charge in [-0.1, -0.05) is 36.4 Å². The third-order valence-electron chi connectivity index (χ3n) is 4.01. The van der Waals surface area contributed by atoms with E-state index in [1.165, 1.54) is 7.11 Å². The normalized spacial score (nSPS) is 10.2. The number of methoxy groups -OCH3 is 1. The molecule has 7 nitrogen and oxygen atoms in total. The number of carbonyl (C=O) groups excluding carboxylic acids is 2. The Kier molecular flexibility index (Phi) is 5.96. The number of ether oxygens (including phenoxy) is 2. The van der Waals surface area contributed by atoms with Crippen LogP contribution in [0.15, 0.2) is 60.7 Å². The zero-order chi connectivity index (χ0) is 19.9. The molecular weight excluding hydrogens is 358 g/mol. The number of anilines is 1. The number of nitrogens with one attached hydrogen (secondary N) is 3. The van der Waals surface area contributed by atoms with Gasteiger partial charge >= 0.3 is 6.03 Å². The topological polar surface area (TPSA) is 88.7 Å². The standard InChI is InChI=1S/C21H21N3O4/c1-14-7-10-19(27-2)18(11-14)22-21(26)24-23-20(25)13-28-17-9-8-15-5-3-4-6-16(15)12-17/h3-12H,13H2,1-2H3,(H,23,25)(H2,22,24,26). The van der Waals surface area contributed by atoms with E-state index in [0.717, 1.165) is 16.3 Å². The molecule has 0 atom stereocenters. The molecule has 0 bridgehead atoms. The maximum Gasteiger partial charge on any atom is 0.338 e. The van der Waals surface area contributed by atoms with Gasteiger partial charge in [0.05, 0.1) is 12.8 Å². The summed E-state index contributed by atoms with van der Waals surface area (Å²) in [5.41, 5.74) is 6.04. The second kappa shape index (κ2) is 8.77. The number of rotatable bonds is 5. The molecule has 144 valence electrons. The fraction of sp³-hybridized carbons (Fsp3) is 0.143. The highest BCUT2D eigenvalue weighted by atomic mass is 16.5. The zero-order valence-electron chi connectivity index (χ0n) is 15.6. The number of hydrogen-bond donors (Lipinski definition) is 3. The van der Waals surface area contributed by atoms with E-state index in [1.807, 2.05) is 49.4 Å². The molecule has 0 spiro atoms. The van der Waals surface area contributed by atoms with Crippen LogP contribution < -0.4 is 25.6 Å². The van der Waals surface area contributed by atoms with Crippen LogP contribution in [-0.2, 0) is 4.79 Å². The van der Waals surface area contributed by atoms with E-state index in [2.05, 4.69) is 16.2 Å². The number of amides is 3. The summed E-state index contributed by atoms with van der Waals surface area (Å²) >= 11 is 0. The smallest absolute Gasteiger partial charge is 0.338 e. The Balaban J connectivity index is 1.48. The summed E-state index contributed by atoms with van der Waals surface area (Å²) in [6.07, 6.45) is 0. The molecule has 0 heterocycles. The predicted molar refractivity (Wildman–Crippen MR) is 107 cm³/mol. The Labute approximate surface area is 162 Å². The lowest BCUT2D eigenvalue weighted by Gasteiger charge is -2.13. The van der Waals surface area contributed by atoms with Crippen molar-refractivity contribution in [2.75, 3.05) is 19.0 Å². The average Bonchev–Trinajstić information content (AvgIpc) is 2.70. The van der Waals surface area contributed by atoms with Crippen molar-refractivity contribution in [3.05, 3.63) is 66.2 Å². The van der Waals surface area contributed by atoms with Gasteiger partial charge in [-0.25, -0.2) is 10.2 Å². The van der Waals surface area contributed by atoms with E-state index in [4.69, 9.17) is 9.47 Å². The Bertz CT molecular complexity index is 1000. The first-order valence-electron chi connectivity index (χ1n) is 8.67. The van der Waals surface area contributed by atoms with Gasteiger partial charge in [-0.05, 0) is 47.5 Å². The van der Waals surface area contributed by atoms with Crippen LogP contribution in [0.3, 0.4) is 0 Å². The Morgan fingerprint density at radius 1 is 0.929 bits per heavy atom. The molecule has 3 N–H and O–H groups in total. The summed E-state index contributed by atoms with van der Waals surface area (Å²) in [4.78, 5) is 23.9. The molecule has 28 heavy (non-hydrogen) atoms. The highest BCUT2D eigenvalue weighted by molar-refractivity contribution is 5.92. The van der Waals surface area contributed by atoms with Crippen molar-refractivity contribution in [2.45, 2.75) is 6.92 Å². The molecule has 7 heteroatoms. The molecule has 3 aromatic rings. The SMILES string of the molecule is COc1ccc(C)cc1NC(=O)NNC(=O)COc1ccc2ccccc2c1. The van der Waals surface area contributed by atoms with E-state index >= 15 is 0 Å². The van der Waals surface area contributed by atoms with Crippen molar-refractivity contribution in [3.8, 4) is 11.5 Å².